The van der Waals surface area contributed by atoms with Gasteiger partial charge in [-0.05, 0) is 24.3 Å². The van der Waals surface area contributed by atoms with Crippen LogP contribution in [0.15, 0.2) is 24.3 Å². The van der Waals surface area contributed by atoms with Gasteiger partial charge in [0, 0.05) is 16.5 Å². The van der Waals surface area contributed by atoms with E-state index in [2.05, 4.69) is 4.98 Å². The Morgan fingerprint density at radius 2 is 1.65 bits per heavy atom. The van der Waals surface area contributed by atoms with Gasteiger partial charge < -0.3 is 15.4 Å². The van der Waals surface area contributed by atoms with Gasteiger partial charge in [-0.1, -0.05) is 34.8 Å². The number of carbonyl (C=O) groups is 2. The molecule has 0 bridgehead atoms. The highest BCUT2D eigenvalue weighted by atomic mass is 35.5. The van der Waals surface area contributed by atoms with Crippen molar-refractivity contribution in [1.82, 2.24) is 10.3 Å². The second kappa shape index (κ2) is 8.18. The van der Waals surface area contributed by atoms with E-state index in [1.165, 1.54) is 6.07 Å². The Hall–Kier alpha value is -2.56. The summed E-state index contributed by atoms with van der Waals surface area (Å²) in [5.74, 6) is -5.85. The van der Waals surface area contributed by atoms with E-state index in [1.54, 1.807) is 5.32 Å². The Balaban J connectivity index is 2.02. The van der Waals surface area contributed by atoms with E-state index in [0.29, 0.717) is 6.07 Å². The van der Waals surface area contributed by atoms with Gasteiger partial charge in [-0.15, -0.1) is 0 Å². The average Bonchev–Trinajstić information content (AvgIpc) is 3.08. The molecule has 164 valence electrons. The molecule has 0 aliphatic carbocycles. The van der Waals surface area contributed by atoms with E-state index in [9.17, 15) is 31.5 Å². The highest BCUT2D eigenvalue weighted by Gasteiger charge is 2.44. The zero-order chi connectivity index (χ0) is 23.2. The smallest absolute Gasteiger partial charge is 0.412 e. The normalized spacial score (nSPS) is 12.8. The molecule has 3 N–H and O–H groups in total. The molecule has 5 nitrogen and oxygen atoms in total. The van der Waals surface area contributed by atoms with Gasteiger partial charge in [-0.25, -0.2) is 13.6 Å². The third kappa shape index (κ3) is 4.41. The molecule has 0 radical (unpaired) electrons. The van der Waals surface area contributed by atoms with Crippen LogP contribution in [0.25, 0.3) is 10.9 Å². The molecule has 0 spiro atoms. The minimum atomic E-state index is -5.20. The number of alkyl halides is 3. The van der Waals surface area contributed by atoms with Gasteiger partial charge in [-0.2, -0.15) is 13.2 Å². The van der Waals surface area contributed by atoms with Crippen LogP contribution in [0.1, 0.15) is 32.5 Å². The number of aromatic nitrogens is 1. The lowest BCUT2D eigenvalue weighted by Crippen LogP contribution is -2.39. The number of aromatic amines is 1. The van der Waals surface area contributed by atoms with Gasteiger partial charge in [0.2, 0.25) is 0 Å². The first kappa shape index (κ1) is 23.1. The third-order valence-electron chi connectivity index (χ3n) is 4.23. The number of benzene rings is 2. The largest absolute Gasteiger partial charge is 0.478 e. The maximum atomic E-state index is 14.2. The van der Waals surface area contributed by atoms with Crippen LogP contribution in [0, 0.1) is 11.6 Å². The molecule has 31 heavy (non-hydrogen) atoms. The van der Waals surface area contributed by atoms with Crippen molar-refractivity contribution in [3.8, 4) is 0 Å². The summed E-state index contributed by atoms with van der Waals surface area (Å²) in [4.78, 5) is 26.1. The monoisotopic (exact) mass is 500 g/mol. The number of amides is 1. The summed E-state index contributed by atoms with van der Waals surface area (Å²) in [6.07, 6.45) is -5.20. The number of aromatic carboxylic acids is 1. The van der Waals surface area contributed by atoms with Crippen molar-refractivity contribution >= 4 is 57.6 Å². The van der Waals surface area contributed by atoms with Gasteiger partial charge in [-0.3, -0.25) is 4.79 Å². The fourth-order valence-corrected chi connectivity index (χ4v) is 3.50. The zero-order valence-corrected chi connectivity index (χ0v) is 16.9. The van der Waals surface area contributed by atoms with Gasteiger partial charge in [0.25, 0.3) is 5.91 Å². The number of fused-ring (bicyclic) bond motifs is 1. The lowest BCUT2D eigenvalue weighted by atomic mass is 10.0. The summed E-state index contributed by atoms with van der Waals surface area (Å²) in [6, 6.07) is 0.841. The molecule has 2 aromatic carbocycles. The van der Waals surface area contributed by atoms with Crippen molar-refractivity contribution in [2.24, 2.45) is 0 Å². The SMILES string of the molecule is O=C(NC(c1cc(Cl)c(F)c(Cl)c1F)C(F)(F)F)c1cc2cc(C(=O)O)c(Cl)cc2[nH]1. The Bertz CT molecular complexity index is 1230. The maximum absolute atomic E-state index is 14.2. The second-order valence-corrected chi connectivity index (χ2v) is 7.44. The maximum Gasteiger partial charge on any atom is 0.412 e. The van der Waals surface area contributed by atoms with Gasteiger partial charge in [0.15, 0.2) is 11.9 Å². The molecule has 1 aromatic heterocycles. The van der Waals surface area contributed by atoms with E-state index in [0.717, 1.165) is 12.1 Å². The first-order chi connectivity index (χ1) is 14.3. The molecule has 0 saturated carbocycles. The number of carboxylic acids is 1. The molecule has 0 aliphatic heterocycles. The molecule has 3 rings (SSSR count). The minimum Gasteiger partial charge on any atom is -0.478 e. The summed E-state index contributed by atoms with van der Waals surface area (Å²) >= 11 is 16.7. The average molecular weight is 502 g/mol. The first-order valence-electron chi connectivity index (χ1n) is 8.07. The lowest BCUT2D eigenvalue weighted by molar-refractivity contribution is -0.155. The zero-order valence-electron chi connectivity index (χ0n) is 14.7. The highest BCUT2D eigenvalue weighted by Crippen LogP contribution is 2.39. The second-order valence-electron chi connectivity index (χ2n) is 6.25. The van der Waals surface area contributed by atoms with Gasteiger partial charge in [0.1, 0.15) is 16.5 Å². The van der Waals surface area contributed by atoms with E-state index >= 15 is 0 Å². The van der Waals surface area contributed by atoms with Crippen molar-refractivity contribution in [3.05, 3.63) is 67.8 Å². The van der Waals surface area contributed by atoms with Crippen molar-refractivity contribution in [2.75, 3.05) is 0 Å². The van der Waals surface area contributed by atoms with Crippen LogP contribution >= 0.6 is 34.8 Å². The third-order valence-corrected chi connectivity index (χ3v) is 5.15. The van der Waals surface area contributed by atoms with Crippen LogP contribution in [0.4, 0.5) is 22.0 Å². The quantitative estimate of drug-likeness (QED) is 0.228. The lowest BCUT2D eigenvalue weighted by Gasteiger charge is -2.23. The van der Waals surface area contributed by atoms with E-state index in [1.807, 2.05) is 0 Å². The summed E-state index contributed by atoms with van der Waals surface area (Å²) < 4.78 is 68.5. The van der Waals surface area contributed by atoms with Gasteiger partial charge in [0.05, 0.1) is 15.6 Å². The molecular formula is C18H8Cl3F5N2O3. The fourth-order valence-electron chi connectivity index (χ4n) is 2.79. The number of hydrogen-bond acceptors (Lipinski definition) is 2. The Labute approximate surface area is 184 Å². The number of nitrogens with one attached hydrogen (secondary N) is 2. The van der Waals surface area contributed by atoms with Crippen LogP contribution in [0.5, 0.6) is 0 Å². The molecule has 1 heterocycles. The van der Waals surface area contributed by atoms with Crippen molar-refractivity contribution in [1.29, 1.82) is 0 Å². The molecule has 1 atom stereocenters. The Kier molecular flexibility index (Phi) is 6.09. The van der Waals surface area contributed by atoms with E-state index in [4.69, 9.17) is 39.9 Å². The molecule has 13 heteroatoms. The highest BCUT2D eigenvalue weighted by molar-refractivity contribution is 6.35. The van der Waals surface area contributed by atoms with Crippen molar-refractivity contribution in [2.45, 2.75) is 12.2 Å². The van der Waals surface area contributed by atoms with Crippen LogP contribution in [0.2, 0.25) is 15.1 Å². The fraction of sp³-hybridized carbons (Fsp3) is 0.111. The Morgan fingerprint density at radius 1 is 1.00 bits per heavy atom. The summed E-state index contributed by atoms with van der Waals surface area (Å²) in [5, 5.41) is 8.56. The standard InChI is InChI=1S/C18H8Cl3F5N2O3/c19-8-4-10-5(1-6(8)17(30)31)2-11(27-10)16(29)28-15(18(24,25)26)7-3-9(20)14(23)12(21)13(7)22/h1-4,15,27H,(H,28,29)(H,30,31). The molecule has 1 amide bonds. The number of hydrogen-bond donors (Lipinski definition) is 3. The van der Waals surface area contributed by atoms with Gasteiger partial charge >= 0.3 is 12.1 Å². The molecular weight excluding hydrogens is 494 g/mol. The van der Waals surface area contributed by atoms with Crippen molar-refractivity contribution < 1.29 is 36.6 Å². The number of carboxylic acid groups (broad SMARTS) is 1. The van der Waals surface area contributed by atoms with Crippen LogP contribution in [0.3, 0.4) is 0 Å². The number of H-pyrrole nitrogens is 1. The predicted molar refractivity (Wildman–Crippen MR) is 103 cm³/mol. The minimum absolute atomic E-state index is 0.167. The topological polar surface area (TPSA) is 82.2 Å². The first-order valence-corrected chi connectivity index (χ1v) is 9.20. The molecule has 1 unspecified atom stereocenters. The molecule has 0 aliphatic rings. The van der Waals surface area contributed by atoms with Crippen LogP contribution in [-0.4, -0.2) is 28.1 Å². The molecule has 0 saturated heterocycles. The van der Waals surface area contributed by atoms with Crippen LogP contribution in [-0.2, 0) is 0 Å². The summed E-state index contributed by atoms with van der Waals surface area (Å²) in [5.41, 5.74) is -1.71. The molecule has 3 aromatic rings. The van der Waals surface area contributed by atoms with Crippen molar-refractivity contribution in [3.63, 3.8) is 0 Å². The number of carbonyl (C=O) groups excluding carboxylic acids is 1. The summed E-state index contributed by atoms with van der Waals surface area (Å²) in [7, 11) is 0. The number of halogens is 8. The number of rotatable bonds is 4. The molecule has 0 fully saturated rings. The van der Waals surface area contributed by atoms with E-state index in [-0.39, 0.29) is 21.5 Å². The van der Waals surface area contributed by atoms with Crippen LogP contribution < -0.4 is 5.32 Å². The Morgan fingerprint density at radius 3 is 2.23 bits per heavy atom. The van der Waals surface area contributed by atoms with E-state index < -0.39 is 57.0 Å². The summed E-state index contributed by atoms with van der Waals surface area (Å²) in [6.45, 7) is 0. The predicted octanol–water partition coefficient (Wildman–Crippen LogP) is 6.14.